The summed E-state index contributed by atoms with van der Waals surface area (Å²) < 4.78 is 2.01. The zero-order valence-corrected chi connectivity index (χ0v) is 12.5. The molecule has 2 aromatic heterocycles. The lowest BCUT2D eigenvalue weighted by Gasteiger charge is -1.99. The molecular formula is C17H16N6. The lowest BCUT2D eigenvalue weighted by Crippen LogP contribution is -2.30. The van der Waals surface area contributed by atoms with Crippen molar-refractivity contribution >= 4 is 17.8 Å². The number of benzene rings is 1. The Morgan fingerprint density at radius 3 is 2.87 bits per heavy atom. The van der Waals surface area contributed by atoms with Crippen LogP contribution in [0, 0.1) is 0 Å². The molecule has 114 valence electrons. The van der Waals surface area contributed by atoms with Crippen LogP contribution in [-0.4, -0.2) is 34.6 Å². The van der Waals surface area contributed by atoms with Crippen molar-refractivity contribution in [3.05, 3.63) is 60.4 Å². The van der Waals surface area contributed by atoms with Crippen LogP contribution in [0.3, 0.4) is 0 Å². The third kappa shape index (κ3) is 2.91. The van der Waals surface area contributed by atoms with Crippen molar-refractivity contribution in [1.82, 2.24) is 20.1 Å². The van der Waals surface area contributed by atoms with Crippen molar-refractivity contribution < 1.29 is 0 Å². The summed E-state index contributed by atoms with van der Waals surface area (Å²) in [5.74, 6) is 0.719. The van der Waals surface area contributed by atoms with Crippen LogP contribution in [0.15, 0.2) is 65.0 Å². The van der Waals surface area contributed by atoms with Gasteiger partial charge in [0.1, 0.15) is 5.65 Å². The van der Waals surface area contributed by atoms with Gasteiger partial charge in [0.15, 0.2) is 0 Å². The fourth-order valence-electron chi connectivity index (χ4n) is 2.47. The lowest BCUT2D eigenvalue weighted by molar-refractivity contribution is 0.919. The summed E-state index contributed by atoms with van der Waals surface area (Å²) in [4.78, 5) is 8.86. The second kappa shape index (κ2) is 5.92. The number of rotatable bonds is 3. The van der Waals surface area contributed by atoms with E-state index in [2.05, 4.69) is 38.0 Å². The quantitative estimate of drug-likeness (QED) is 0.573. The minimum absolute atomic E-state index is 0.719. The maximum atomic E-state index is 4.64. The van der Waals surface area contributed by atoms with Crippen LogP contribution < -0.4 is 10.7 Å². The van der Waals surface area contributed by atoms with E-state index in [0.29, 0.717) is 0 Å². The highest BCUT2D eigenvalue weighted by Gasteiger charge is 2.04. The van der Waals surface area contributed by atoms with Gasteiger partial charge < -0.3 is 9.72 Å². The van der Waals surface area contributed by atoms with Crippen molar-refractivity contribution in [1.29, 1.82) is 0 Å². The Morgan fingerprint density at radius 1 is 1.13 bits per heavy atom. The van der Waals surface area contributed by atoms with Gasteiger partial charge in [-0.3, -0.25) is 0 Å². The Bertz CT molecular complexity index is 878. The summed E-state index contributed by atoms with van der Waals surface area (Å²) in [6.07, 6.45) is 5.80. The molecular weight excluding hydrogens is 288 g/mol. The molecule has 6 heteroatoms. The summed E-state index contributed by atoms with van der Waals surface area (Å²) in [6, 6.07) is 14.1. The van der Waals surface area contributed by atoms with Crippen LogP contribution >= 0.6 is 0 Å². The van der Waals surface area contributed by atoms with Gasteiger partial charge >= 0.3 is 0 Å². The number of aliphatic imine (C=N–C) groups is 1. The molecule has 3 heterocycles. The zero-order valence-electron chi connectivity index (χ0n) is 12.5. The van der Waals surface area contributed by atoms with Gasteiger partial charge in [-0.1, -0.05) is 30.3 Å². The van der Waals surface area contributed by atoms with Crippen LogP contribution in [-0.2, 0) is 0 Å². The van der Waals surface area contributed by atoms with E-state index in [1.807, 2.05) is 47.1 Å². The van der Waals surface area contributed by atoms with E-state index in [4.69, 9.17) is 0 Å². The minimum atomic E-state index is 0.719. The van der Waals surface area contributed by atoms with Crippen molar-refractivity contribution in [3.63, 3.8) is 0 Å². The molecule has 0 spiro atoms. The largest absolute Gasteiger partial charge is 0.353 e. The number of hydrazone groups is 1. The first kappa shape index (κ1) is 13.5. The lowest BCUT2D eigenvalue weighted by atomic mass is 10.2. The molecule has 0 saturated heterocycles. The second-order valence-corrected chi connectivity index (χ2v) is 5.25. The van der Waals surface area contributed by atoms with Crippen LogP contribution in [0.5, 0.6) is 0 Å². The summed E-state index contributed by atoms with van der Waals surface area (Å²) in [5, 5.41) is 7.30. The summed E-state index contributed by atoms with van der Waals surface area (Å²) in [6.45, 7) is 1.65. The van der Waals surface area contributed by atoms with Gasteiger partial charge in [0.2, 0.25) is 5.96 Å². The van der Waals surface area contributed by atoms with E-state index in [1.165, 1.54) is 0 Å². The number of hydrogen-bond acceptors (Lipinski definition) is 5. The first-order valence-corrected chi connectivity index (χ1v) is 7.50. The number of nitrogens with one attached hydrogen (secondary N) is 2. The third-order valence-electron chi connectivity index (χ3n) is 3.60. The number of aromatic nitrogens is 2. The molecule has 1 aliphatic heterocycles. The molecule has 3 aromatic rings. The predicted molar refractivity (Wildman–Crippen MR) is 91.7 cm³/mol. The molecule has 1 aliphatic rings. The summed E-state index contributed by atoms with van der Waals surface area (Å²) >= 11 is 0. The van der Waals surface area contributed by atoms with E-state index in [0.717, 1.165) is 41.5 Å². The second-order valence-electron chi connectivity index (χ2n) is 5.25. The van der Waals surface area contributed by atoms with E-state index >= 15 is 0 Å². The fraction of sp³-hybridized carbons (Fsp3) is 0.118. The SMILES string of the molecule is C(=NNC1=NCCN1)c1ccc2nc(-c3ccccc3)cn2c1. The number of nitrogens with zero attached hydrogens (tertiary/aromatic N) is 4. The molecule has 0 unspecified atom stereocenters. The fourth-order valence-corrected chi connectivity index (χ4v) is 2.47. The van der Waals surface area contributed by atoms with Gasteiger partial charge in [0.25, 0.3) is 0 Å². The van der Waals surface area contributed by atoms with E-state index in [9.17, 15) is 0 Å². The van der Waals surface area contributed by atoms with Gasteiger partial charge in [0, 0.05) is 30.1 Å². The summed E-state index contributed by atoms with van der Waals surface area (Å²) in [5.41, 5.74) is 6.86. The van der Waals surface area contributed by atoms with Gasteiger partial charge in [-0.25, -0.2) is 15.4 Å². The molecule has 0 fully saturated rings. The van der Waals surface area contributed by atoms with Crippen LogP contribution in [0.4, 0.5) is 0 Å². The molecule has 0 atom stereocenters. The average Bonchev–Trinajstić information content (AvgIpc) is 3.24. The highest BCUT2D eigenvalue weighted by Crippen LogP contribution is 2.18. The van der Waals surface area contributed by atoms with E-state index in [-0.39, 0.29) is 0 Å². The first-order chi connectivity index (χ1) is 11.4. The standard InChI is InChI=1S/C17H16N6/c1-2-4-14(5-3-1)15-12-23-11-13(6-7-16(23)21-15)10-20-22-17-18-8-9-19-17/h1-7,10-12H,8-9H2,(H2,18,19,22). The molecule has 2 N–H and O–H groups in total. The molecule has 0 amide bonds. The van der Waals surface area contributed by atoms with Crippen LogP contribution in [0.25, 0.3) is 16.9 Å². The minimum Gasteiger partial charge on any atom is -0.353 e. The molecule has 0 bridgehead atoms. The number of pyridine rings is 1. The Morgan fingerprint density at radius 2 is 2.04 bits per heavy atom. The van der Waals surface area contributed by atoms with E-state index < -0.39 is 0 Å². The van der Waals surface area contributed by atoms with Gasteiger partial charge in [-0.15, -0.1) is 0 Å². The predicted octanol–water partition coefficient (Wildman–Crippen LogP) is 1.88. The maximum absolute atomic E-state index is 4.64. The van der Waals surface area contributed by atoms with Crippen molar-refractivity contribution in [2.45, 2.75) is 0 Å². The Kier molecular flexibility index (Phi) is 3.48. The molecule has 0 aliphatic carbocycles. The van der Waals surface area contributed by atoms with Gasteiger partial charge in [-0.05, 0) is 12.1 Å². The van der Waals surface area contributed by atoms with Crippen molar-refractivity contribution in [2.75, 3.05) is 13.1 Å². The van der Waals surface area contributed by atoms with Crippen molar-refractivity contribution in [3.8, 4) is 11.3 Å². The van der Waals surface area contributed by atoms with Crippen LogP contribution in [0.1, 0.15) is 5.56 Å². The maximum Gasteiger partial charge on any atom is 0.212 e. The molecule has 4 rings (SSSR count). The highest BCUT2D eigenvalue weighted by molar-refractivity contribution is 5.84. The van der Waals surface area contributed by atoms with Gasteiger partial charge in [0.05, 0.1) is 18.5 Å². The Balaban J connectivity index is 1.57. The number of guanidine groups is 1. The molecule has 0 radical (unpaired) electrons. The molecule has 6 nitrogen and oxygen atoms in total. The molecule has 1 aromatic carbocycles. The number of imidazole rings is 1. The average molecular weight is 304 g/mol. The third-order valence-corrected chi connectivity index (χ3v) is 3.60. The Labute approximate surface area is 133 Å². The Hall–Kier alpha value is -3.15. The van der Waals surface area contributed by atoms with Crippen molar-refractivity contribution in [2.24, 2.45) is 10.1 Å². The van der Waals surface area contributed by atoms with Crippen LogP contribution in [0.2, 0.25) is 0 Å². The normalized spacial score (nSPS) is 14.2. The smallest absolute Gasteiger partial charge is 0.212 e. The van der Waals surface area contributed by atoms with Gasteiger partial charge in [-0.2, -0.15) is 5.10 Å². The summed E-state index contributed by atoms with van der Waals surface area (Å²) in [7, 11) is 0. The van der Waals surface area contributed by atoms with E-state index in [1.54, 1.807) is 6.21 Å². The zero-order chi connectivity index (χ0) is 15.5. The molecule has 23 heavy (non-hydrogen) atoms. The number of hydrogen-bond donors (Lipinski definition) is 2. The number of fused-ring (bicyclic) bond motifs is 1. The monoisotopic (exact) mass is 304 g/mol. The highest BCUT2D eigenvalue weighted by atomic mass is 15.4. The molecule has 0 saturated carbocycles. The topological polar surface area (TPSA) is 66.1 Å². The first-order valence-electron chi connectivity index (χ1n) is 7.50.